The van der Waals surface area contributed by atoms with Crippen LogP contribution in [0.5, 0.6) is 0 Å². The number of Topliss-reactive ketones (excluding diaryl/α,β-unsaturated/α-hetero) is 1. The molecule has 0 atom stereocenters. The molecule has 20 heavy (non-hydrogen) atoms. The van der Waals surface area contributed by atoms with Gasteiger partial charge in [0.2, 0.25) is 0 Å². The second kappa shape index (κ2) is 6.86. The van der Waals surface area contributed by atoms with Crippen LogP contribution in [0.15, 0.2) is 42.0 Å². The summed E-state index contributed by atoms with van der Waals surface area (Å²) in [5.74, 6) is -0.0221. The van der Waals surface area contributed by atoms with Crippen LogP contribution in [0.25, 0.3) is 0 Å². The molecule has 0 fully saturated rings. The number of nitrogens with zero attached hydrogens (tertiary/aromatic N) is 1. The number of allylic oxidation sites excluding steroid dienone is 1. The van der Waals surface area contributed by atoms with Crippen molar-refractivity contribution in [2.24, 2.45) is 0 Å². The average molecular weight is 275 g/mol. The molecule has 0 unspecified atom stereocenters. The Morgan fingerprint density at radius 1 is 1.30 bits per heavy atom. The molecule has 0 saturated carbocycles. The van der Waals surface area contributed by atoms with Crippen molar-refractivity contribution in [1.29, 1.82) is 0 Å². The van der Waals surface area contributed by atoms with Gasteiger partial charge in [-0.1, -0.05) is 36.4 Å². The highest BCUT2D eigenvalue weighted by atomic mass is 16.6. The molecule has 0 heterocycles. The van der Waals surface area contributed by atoms with E-state index in [9.17, 15) is 14.8 Å². The zero-order chi connectivity index (χ0) is 14.4. The predicted octanol–water partition coefficient (Wildman–Crippen LogP) is 2.69. The second-order valence-corrected chi connectivity index (χ2v) is 4.64. The van der Waals surface area contributed by atoms with Gasteiger partial charge in [0.1, 0.15) is 6.61 Å². The fourth-order valence-corrected chi connectivity index (χ4v) is 1.99. The van der Waals surface area contributed by atoms with E-state index in [1.54, 1.807) is 6.08 Å². The van der Waals surface area contributed by atoms with E-state index >= 15 is 0 Å². The molecule has 1 aliphatic carbocycles. The molecule has 0 bridgehead atoms. The average Bonchev–Trinajstić information content (AvgIpc) is 2.48. The zero-order valence-electron chi connectivity index (χ0n) is 11.1. The number of rotatable bonds is 4. The van der Waals surface area contributed by atoms with Crippen molar-refractivity contribution in [2.45, 2.75) is 25.9 Å². The smallest absolute Gasteiger partial charge is 0.434 e. The molecular weight excluding hydrogens is 258 g/mol. The summed E-state index contributed by atoms with van der Waals surface area (Å²) in [5, 5.41) is 10.1. The molecule has 1 N–H and O–H groups in total. The van der Waals surface area contributed by atoms with Gasteiger partial charge in [-0.05, 0) is 18.4 Å². The third-order valence-corrected chi connectivity index (χ3v) is 3.09. The van der Waals surface area contributed by atoms with E-state index in [1.807, 2.05) is 30.3 Å². The van der Waals surface area contributed by atoms with Crippen molar-refractivity contribution in [3.63, 3.8) is 0 Å². The lowest BCUT2D eigenvalue weighted by molar-refractivity contribution is -0.117. The van der Waals surface area contributed by atoms with E-state index in [0.717, 1.165) is 18.4 Å². The lowest BCUT2D eigenvalue weighted by atomic mass is 9.98. The van der Waals surface area contributed by atoms with Gasteiger partial charge in [0.15, 0.2) is 5.78 Å². The van der Waals surface area contributed by atoms with Gasteiger partial charge < -0.3 is 4.74 Å². The van der Waals surface area contributed by atoms with Gasteiger partial charge in [-0.15, -0.1) is 0 Å². The summed E-state index contributed by atoms with van der Waals surface area (Å²) in [6, 6.07) is 9.19. The molecule has 0 aliphatic heterocycles. The number of ketones is 1. The van der Waals surface area contributed by atoms with E-state index < -0.39 is 6.09 Å². The van der Waals surface area contributed by atoms with Crippen LogP contribution in [0.4, 0.5) is 4.79 Å². The summed E-state index contributed by atoms with van der Waals surface area (Å²) in [4.78, 5) is 23.2. The van der Waals surface area contributed by atoms with E-state index in [-0.39, 0.29) is 18.9 Å². The van der Waals surface area contributed by atoms with Crippen LogP contribution >= 0.6 is 0 Å². The number of carbonyl (C=O) groups excluding carboxylic acids is 2. The van der Waals surface area contributed by atoms with Crippen molar-refractivity contribution in [1.82, 2.24) is 5.06 Å². The van der Waals surface area contributed by atoms with Gasteiger partial charge in [0.05, 0.1) is 6.54 Å². The topological polar surface area (TPSA) is 66.8 Å². The van der Waals surface area contributed by atoms with E-state index in [4.69, 9.17) is 4.74 Å². The van der Waals surface area contributed by atoms with Crippen LogP contribution in [0.2, 0.25) is 0 Å². The Balaban J connectivity index is 1.83. The normalized spacial score (nSPS) is 14.7. The molecule has 0 radical (unpaired) electrons. The lowest BCUT2D eigenvalue weighted by Gasteiger charge is -2.18. The fraction of sp³-hybridized carbons (Fsp3) is 0.333. The summed E-state index contributed by atoms with van der Waals surface area (Å²) in [5.41, 5.74) is 1.30. The standard InChI is InChI=1S/C15H17NO4/c17-14-9-5-4-8-13(14)10-16(19)15(18)20-11-12-6-2-1-3-7-12/h1-3,6-8,19H,4-5,9-11H2. The maximum absolute atomic E-state index is 11.6. The molecule has 1 aliphatic rings. The largest absolute Gasteiger partial charge is 0.443 e. The monoisotopic (exact) mass is 275 g/mol. The predicted molar refractivity (Wildman–Crippen MR) is 72.1 cm³/mol. The van der Waals surface area contributed by atoms with Crippen LogP contribution in [0.1, 0.15) is 24.8 Å². The number of hydroxylamine groups is 2. The molecular formula is C15H17NO4. The summed E-state index contributed by atoms with van der Waals surface area (Å²) in [6.45, 7) is -0.0316. The van der Waals surface area contributed by atoms with Crippen LogP contribution in [-0.4, -0.2) is 28.7 Å². The summed E-state index contributed by atoms with van der Waals surface area (Å²) >= 11 is 0. The first-order chi connectivity index (χ1) is 9.66. The summed E-state index contributed by atoms with van der Waals surface area (Å²) in [7, 11) is 0. The Hall–Kier alpha value is -2.14. The quantitative estimate of drug-likeness (QED) is 0.677. The fourth-order valence-electron chi connectivity index (χ4n) is 1.99. The molecule has 0 saturated heterocycles. The number of ether oxygens (including phenoxy) is 1. The first kappa shape index (κ1) is 14.3. The van der Waals surface area contributed by atoms with Gasteiger partial charge in [0.25, 0.3) is 0 Å². The highest BCUT2D eigenvalue weighted by molar-refractivity contribution is 5.96. The van der Waals surface area contributed by atoms with Crippen LogP contribution in [0, 0.1) is 0 Å². The van der Waals surface area contributed by atoms with E-state index in [0.29, 0.717) is 17.1 Å². The third-order valence-electron chi connectivity index (χ3n) is 3.09. The summed E-state index contributed by atoms with van der Waals surface area (Å²) < 4.78 is 4.97. The zero-order valence-corrected chi connectivity index (χ0v) is 11.1. The second-order valence-electron chi connectivity index (χ2n) is 4.64. The third kappa shape index (κ3) is 3.93. The molecule has 106 valence electrons. The SMILES string of the molecule is O=C1CCCC=C1CN(O)C(=O)OCc1ccccc1. The van der Waals surface area contributed by atoms with Crippen LogP contribution < -0.4 is 0 Å². The minimum atomic E-state index is -0.854. The summed E-state index contributed by atoms with van der Waals surface area (Å²) in [6.07, 6.45) is 3.01. The van der Waals surface area contributed by atoms with Crippen molar-refractivity contribution in [3.05, 3.63) is 47.5 Å². The lowest BCUT2D eigenvalue weighted by Crippen LogP contribution is -2.32. The van der Waals surface area contributed by atoms with E-state index in [1.165, 1.54) is 0 Å². The molecule has 1 aromatic carbocycles. The van der Waals surface area contributed by atoms with Gasteiger partial charge in [-0.3, -0.25) is 10.0 Å². The van der Waals surface area contributed by atoms with Crippen LogP contribution in [0.3, 0.4) is 0 Å². The van der Waals surface area contributed by atoms with Gasteiger partial charge >= 0.3 is 6.09 Å². The maximum Gasteiger partial charge on any atom is 0.434 e. The van der Waals surface area contributed by atoms with Gasteiger partial charge in [-0.25, -0.2) is 4.79 Å². The Kier molecular flexibility index (Phi) is 4.90. The van der Waals surface area contributed by atoms with Crippen molar-refractivity contribution in [3.8, 4) is 0 Å². The molecule has 0 spiro atoms. The highest BCUT2D eigenvalue weighted by Crippen LogP contribution is 2.15. The Morgan fingerprint density at radius 3 is 2.75 bits per heavy atom. The molecule has 0 aromatic heterocycles. The van der Waals surface area contributed by atoms with Crippen LogP contribution in [-0.2, 0) is 16.1 Å². The number of benzene rings is 1. The van der Waals surface area contributed by atoms with Crippen molar-refractivity contribution < 1.29 is 19.5 Å². The number of hydrogen-bond acceptors (Lipinski definition) is 4. The minimum absolute atomic E-state index is 0.0221. The Bertz CT molecular complexity index is 510. The van der Waals surface area contributed by atoms with E-state index in [2.05, 4.69) is 0 Å². The number of carbonyl (C=O) groups is 2. The number of amides is 1. The van der Waals surface area contributed by atoms with Gasteiger partial charge in [-0.2, -0.15) is 5.06 Å². The molecule has 5 nitrogen and oxygen atoms in total. The molecule has 5 heteroatoms. The first-order valence-corrected chi connectivity index (χ1v) is 6.56. The van der Waals surface area contributed by atoms with Gasteiger partial charge in [0, 0.05) is 12.0 Å². The molecule has 1 amide bonds. The Morgan fingerprint density at radius 2 is 2.05 bits per heavy atom. The Labute approximate surface area is 117 Å². The van der Waals surface area contributed by atoms with Crippen molar-refractivity contribution >= 4 is 11.9 Å². The first-order valence-electron chi connectivity index (χ1n) is 6.56. The number of hydrogen-bond donors (Lipinski definition) is 1. The molecule has 2 rings (SSSR count). The maximum atomic E-state index is 11.6. The minimum Gasteiger partial charge on any atom is -0.443 e. The van der Waals surface area contributed by atoms with Crippen molar-refractivity contribution in [2.75, 3.05) is 6.54 Å². The highest BCUT2D eigenvalue weighted by Gasteiger charge is 2.20. The molecule has 1 aromatic rings.